The van der Waals surface area contributed by atoms with Crippen LogP contribution in [0.3, 0.4) is 0 Å². The van der Waals surface area contributed by atoms with E-state index in [-0.39, 0.29) is 6.54 Å². The first kappa shape index (κ1) is 16.3. The zero-order valence-electron chi connectivity index (χ0n) is 11.7. The van der Waals surface area contributed by atoms with E-state index in [0.717, 1.165) is 31.5 Å². The van der Waals surface area contributed by atoms with E-state index < -0.39 is 32.1 Å². The molecule has 1 fully saturated rings. The van der Waals surface area contributed by atoms with Crippen molar-refractivity contribution in [2.75, 3.05) is 26.8 Å². The molecule has 8 heteroatoms. The van der Waals surface area contributed by atoms with Crippen LogP contribution < -0.4 is 10.0 Å². The van der Waals surface area contributed by atoms with Crippen LogP contribution in [-0.2, 0) is 14.8 Å². The molecule has 21 heavy (non-hydrogen) atoms. The van der Waals surface area contributed by atoms with Crippen LogP contribution in [0.4, 0.5) is 8.78 Å². The first-order valence-corrected chi connectivity index (χ1v) is 8.06. The molecular formula is C13H18F2N2O3S. The minimum absolute atomic E-state index is 0.0547. The zero-order chi connectivity index (χ0) is 15.5. The Bertz CT molecular complexity index is 601. The van der Waals surface area contributed by atoms with E-state index in [1.165, 1.54) is 7.11 Å². The largest absolute Gasteiger partial charge is 0.383 e. The zero-order valence-corrected chi connectivity index (χ0v) is 12.5. The van der Waals surface area contributed by atoms with Gasteiger partial charge in [-0.2, -0.15) is 0 Å². The second-order valence-corrected chi connectivity index (χ2v) is 6.88. The Balaban J connectivity index is 2.15. The number of ether oxygens (including phenoxy) is 1. The smallest absolute Gasteiger partial charge is 0.243 e. The fourth-order valence-corrected chi connectivity index (χ4v) is 3.68. The number of rotatable bonds is 6. The highest BCUT2D eigenvalue weighted by molar-refractivity contribution is 7.89. The molecule has 0 bridgehead atoms. The van der Waals surface area contributed by atoms with Gasteiger partial charge in [0, 0.05) is 13.7 Å². The second kappa shape index (κ2) is 6.35. The minimum Gasteiger partial charge on any atom is -0.383 e. The fourth-order valence-electron chi connectivity index (χ4n) is 2.46. The first-order valence-electron chi connectivity index (χ1n) is 6.57. The van der Waals surface area contributed by atoms with E-state index in [1.807, 2.05) is 0 Å². The van der Waals surface area contributed by atoms with Crippen molar-refractivity contribution >= 4 is 10.0 Å². The van der Waals surface area contributed by atoms with Crippen molar-refractivity contribution < 1.29 is 21.9 Å². The Kier molecular flexibility index (Phi) is 4.92. The maximum absolute atomic E-state index is 13.6. The highest BCUT2D eigenvalue weighted by Crippen LogP contribution is 2.21. The number of hydrogen-bond donors (Lipinski definition) is 2. The lowest BCUT2D eigenvalue weighted by atomic mass is 9.99. The molecule has 0 saturated carbocycles. The van der Waals surface area contributed by atoms with Crippen LogP contribution >= 0.6 is 0 Å². The van der Waals surface area contributed by atoms with Gasteiger partial charge in [-0.05, 0) is 37.6 Å². The number of methoxy groups -OCH3 is 1. The monoisotopic (exact) mass is 320 g/mol. The molecule has 1 aliphatic rings. The summed E-state index contributed by atoms with van der Waals surface area (Å²) >= 11 is 0. The molecule has 1 saturated heterocycles. The van der Waals surface area contributed by atoms with Crippen LogP contribution in [0, 0.1) is 11.6 Å². The molecule has 0 aromatic heterocycles. The van der Waals surface area contributed by atoms with Gasteiger partial charge < -0.3 is 10.1 Å². The Morgan fingerprint density at radius 2 is 2.19 bits per heavy atom. The second-order valence-electron chi connectivity index (χ2n) is 5.14. The van der Waals surface area contributed by atoms with Gasteiger partial charge in [0.1, 0.15) is 16.5 Å². The average Bonchev–Trinajstić information content (AvgIpc) is 2.89. The van der Waals surface area contributed by atoms with Crippen molar-refractivity contribution in [2.24, 2.45) is 0 Å². The molecule has 2 rings (SSSR count). The van der Waals surface area contributed by atoms with Crippen LogP contribution in [0.15, 0.2) is 23.1 Å². The lowest BCUT2D eigenvalue weighted by Crippen LogP contribution is -2.52. The third-order valence-corrected chi connectivity index (χ3v) is 4.95. The van der Waals surface area contributed by atoms with Crippen molar-refractivity contribution in [3.63, 3.8) is 0 Å². The van der Waals surface area contributed by atoms with Crippen LogP contribution in [-0.4, -0.2) is 40.8 Å². The molecule has 1 aromatic rings. The molecule has 1 aliphatic heterocycles. The van der Waals surface area contributed by atoms with Crippen molar-refractivity contribution in [1.29, 1.82) is 0 Å². The van der Waals surface area contributed by atoms with E-state index in [0.29, 0.717) is 12.7 Å². The van der Waals surface area contributed by atoms with Gasteiger partial charge in [0.15, 0.2) is 0 Å². The van der Waals surface area contributed by atoms with Crippen LogP contribution in [0.1, 0.15) is 12.8 Å². The molecule has 0 amide bonds. The minimum atomic E-state index is -4.12. The van der Waals surface area contributed by atoms with E-state index in [1.54, 1.807) is 0 Å². The van der Waals surface area contributed by atoms with Crippen molar-refractivity contribution in [3.8, 4) is 0 Å². The van der Waals surface area contributed by atoms with Gasteiger partial charge >= 0.3 is 0 Å². The van der Waals surface area contributed by atoms with Gasteiger partial charge in [-0.3, -0.25) is 0 Å². The summed E-state index contributed by atoms with van der Waals surface area (Å²) in [5.74, 6) is -1.79. The summed E-state index contributed by atoms with van der Waals surface area (Å²) in [5.41, 5.74) is -0.508. The summed E-state index contributed by atoms with van der Waals surface area (Å²) in [4.78, 5) is -0.687. The quantitative estimate of drug-likeness (QED) is 0.821. The summed E-state index contributed by atoms with van der Waals surface area (Å²) in [6.07, 6.45) is 1.65. The third-order valence-electron chi connectivity index (χ3n) is 3.54. The van der Waals surface area contributed by atoms with Gasteiger partial charge in [0.25, 0.3) is 0 Å². The summed E-state index contributed by atoms with van der Waals surface area (Å²) < 4.78 is 58.4. The normalized spacial score (nSPS) is 22.6. The van der Waals surface area contributed by atoms with E-state index in [2.05, 4.69) is 10.0 Å². The first-order chi connectivity index (χ1) is 9.88. The standard InChI is InChI=1S/C13H18F2N2O3S/c1-20-9-13(5-2-6-16-13)8-17-21(18,19)12-7-10(14)3-4-11(12)15/h3-4,7,16-17H,2,5-6,8-9H2,1H3. The summed E-state index contributed by atoms with van der Waals surface area (Å²) in [7, 11) is -2.59. The lowest BCUT2D eigenvalue weighted by Gasteiger charge is -2.28. The predicted octanol–water partition coefficient (Wildman–Crippen LogP) is 1.01. The molecule has 118 valence electrons. The van der Waals surface area contributed by atoms with Crippen LogP contribution in [0.25, 0.3) is 0 Å². The van der Waals surface area contributed by atoms with Gasteiger partial charge in [-0.1, -0.05) is 0 Å². The maximum Gasteiger partial charge on any atom is 0.243 e. The number of benzene rings is 1. The summed E-state index contributed by atoms with van der Waals surface area (Å²) in [6, 6.07) is 2.34. The van der Waals surface area contributed by atoms with Gasteiger partial charge in [-0.15, -0.1) is 0 Å². The molecule has 0 spiro atoms. The number of nitrogens with one attached hydrogen (secondary N) is 2. The highest BCUT2D eigenvalue weighted by atomic mass is 32.2. The van der Waals surface area contributed by atoms with Crippen molar-refractivity contribution in [2.45, 2.75) is 23.3 Å². The Morgan fingerprint density at radius 3 is 2.81 bits per heavy atom. The molecule has 0 aliphatic carbocycles. The number of sulfonamides is 1. The molecule has 1 aromatic carbocycles. The van der Waals surface area contributed by atoms with E-state index in [9.17, 15) is 17.2 Å². The lowest BCUT2D eigenvalue weighted by molar-refractivity contribution is 0.122. The van der Waals surface area contributed by atoms with Gasteiger partial charge in [0.05, 0.1) is 12.1 Å². The van der Waals surface area contributed by atoms with E-state index >= 15 is 0 Å². The third kappa shape index (κ3) is 3.76. The Labute approximate surface area is 122 Å². The van der Waals surface area contributed by atoms with Crippen LogP contribution in [0.5, 0.6) is 0 Å². The van der Waals surface area contributed by atoms with Gasteiger partial charge in [-0.25, -0.2) is 21.9 Å². The molecule has 1 unspecified atom stereocenters. The van der Waals surface area contributed by atoms with E-state index in [4.69, 9.17) is 4.74 Å². The maximum atomic E-state index is 13.6. The molecular weight excluding hydrogens is 302 g/mol. The van der Waals surface area contributed by atoms with Crippen molar-refractivity contribution in [3.05, 3.63) is 29.8 Å². The van der Waals surface area contributed by atoms with Crippen molar-refractivity contribution in [1.82, 2.24) is 10.0 Å². The number of halogens is 2. The molecule has 5 nitrogen and oxygen atoms in total. The topological polar surface area (TPSA) is 67.4 Å². The number of hydrogen-bond acceptors (Lipinski definition) is 4. The van der Waals surface area contributed by atoms with Gasteiger partial charge in [0.2, 0.25) is 10.0 Å². The predicted molar refractivity (Wildman–Crippen MR) is 73.4 cm³/mol. The average molecular weight is 320 g/mol. The Hall–Kier alpha value is -1.09. The Morgan fingerprint density at radius 1 is 1.43 bits per heavy atom. The summed E-state index contributed by atoms with van der Waals surface area (Å²) in [6.45, 7) is 1.15. The van der Waals surface area contributed by atoms with Crippen LogP contribution in [0.2, 0.25) is 0 Å². The molecule has 1 atom stereocenters. The molecule has 1 heterocycles. The molecule has 2 N–H and O–H groups in total. The summed E-state index contributed by atoms with van der Waals surface area (Å²) in [5, 5.41) is 3.20. The highest BCUT2D eigenvalue weighted by Gasteiger charge is 2.35. The molecule has 0 radical (unpaired) electrons. The SMILES string of the molecule is COCC1(CNS(=O)(=O)c2cc(F)ccc2F)CCCN1. The fraction of sp³-hybridized carbons (Fsp3) is 0.538.